The number of aromatic nitrogens is 3. The topological polar surface area (TPSA) is 49.2 Å². The number of thiocarbonyl (C=S) groups is 1. The Balaban J connectivity index is 1.57. The van der Waals surface area contributed by atoms with E-state index in [4.69, 9.17) is 12.2 Å². The summed E-state index contributed by atoms with van der Waals surface area (Å²) in [5.74, 6) is 0. The Morgan fingerprint density at radius 2 is 1.67 bits per heavy atom. The fourth-order valence-electron chi connectivity index (χ4n) is 4.35. The number of pyridine rings is 2. The normalized spacial score (nSPS) is 17.8. The summed E-state index contributed by atoms with van der Waals surface area (Å²) >= 11 is 5.82. The first-order valence-electron chi connectivity index (χ1n) is 10.9. The highest BCUT2D eigenvalue weighted by atomic mass is 32.1. The molecule has 0 spiro atoms. The van der Waals surface area contributed by atoms with E-state index in [-0.39, 0.29) is 12.1 Å². The van der Waals surface area contributed by atoms with Crippen molar-refractivity contribution in [3.8, 4) is 5.69 Å². The predicted molar refractivity (Wildman–Crippen MR) is 135 cm³/mol. The third-order valence-corrected chi connectivity index (χ3v) is 6.34. The van der Waals surface area contributed by atoms with Gasteiger partial charge in [-0.1, -0.05) is 12.1 Å². The van der Waals surface area contributed by atoms with E-state index in [1.807, 2.05) is 56.8 Å². The molecule has 0 bridgehead atoms. The number of hydrogen-bond acceptors (Lipinski definition) is 4. The molecule has 1 fully saturated rings. The smallest absolute Gasteiger partial charge is 0.170 e. The minimum Gasteiger partial charge on any atom is -0.378 e. The quantitative estimate of drug-likeness (QED) is 0.433. The average molecular weight is 455 g/mol. The van der Waals surface area contributed by atoms with Crippen molar-refractivity contribution >= 4 is 23.0 Å². The van der Waals surface area contributed by atoms with Gasteiger partial charge in [0.2, 0.25) is 0 Å². The molecule has 1 aliphatic heterocycles. The molecular weight excluding hydrogens is 428 g/mol. The highest BCUT2D eigenvalue weighted by Crippen LogP contribution is 2.40. The zero-order chi connectivity index (χ0) is 22.8. The maximum Gasteiger partial charge on any atom is 0.170 e. The Kier molecular flexibility index (Phi) is 5.79. The van der Waals surface area contributed by atoms with Gasteiger partial charge < -0.3 is 19.7 Å². The van der Waals surface area contributed by atoms with Crippen LogP contribution in [0.1, 0.15) is 29.2 Å². The predicted octanol–water partition coefficient (Wildman–Crippen LogP) is 4.51. The highest BCUT2D eigenvalue weighted by molar-refractivity contribution is 7.80. The Bertz CT molecular complexity index is 1220. The van der Waals surface area contributed by atoms with Crippen LogP contribution in [0, 0.1) is 0 Å². The van der Waals surface area contributed by atoms with Crippen molar-refractivity contribution in [2.45, 2.75) is 18.6 Å². The molecule has 5 rings (SSSR count). The maximum atomic E-state index is 5.82. The average Bonchev–Trinajstić information content (AvgIpc) is 3.45. The molecule has 7 heteroatoms. The van der Waals surface area contributed by atoms with Gasteiger partial charge in [0.25, 0.3) is 0 Å². The first-order valence-corrected chi connectivity index (χ1v) is 11.4. The molecule has 166 valence electrons. The molecule has 0 aliphatic carbocycles. The molecule has 1 aliphatic rings. The molecule has 0 amide bonds. The number of rotatable bonds is 6. The third kappa shape index (κ3) is 4.19. The lowest BCUT2D eigenvalue weighted by molar-refractivity contribution is 0.299. The summed E-state index contributed by atoms with van der Waals surface area (Å²) in [5.41, 5.74) is 5.35. The lowest BCUT2D eigenvalue weighted by Gasteiger charge is -2.28. The number of anilines is 1. The van der Waals surface area contributed by atoms with Gasteiger partial charge in [0.05, 0.1) is 30.0 Å². The zero-order valence-corrected chi connectivity index (χ0v) is 19.5. The molecule has 2 atom stereocenters. The monoisotopic (exact) mass is 454 g/mol. The van der Waals surface area contributed by atoms with Crippen LogP contribution in [-0.2, 0) is 6.54 Å². The first-order chi connectivity index (χ1) is 16.1. The molecule has 4 heterocycles. The standard InChI is InChI=1S/C26H26N6S/c1-30(2)20-11-13-21(14-12-20)31-17-7-10-23(31)25-24(22-9-4-6-16-28-22)29-26(33)32(25)18-19-8-3-5-15-27-19/h3-17,24-25H,18H2,1-2H3,(H,29,33). The van der Waals surface area contributed by atoms with Crippen molar-refractivity contribution in [2.75, 3.05) is 19.0 Å². The fraction of sp³-hybridized carbons (Fsp3) is 0.192. The minimum atomic E-state index is -0.0721. The largest absolute Gasteiger partial charge is 0.378 e. The summed E-state index contributed by atoms with van der Waals surface area (Å²) in [4.78, 5) is 13.5. The summed E-state index contributed by atoms with van der Waals surface area (Å²) in [5, 5.41) is 4.23. The number of benzene rings is 1. The summed E-state index contributed by atoms with van der Waals surface area (Å²) in [6.45, 7) is 0.616. The second-order valence-corrected chi connectivity index (χ2v) is 8.68. The molecular formula is C26H26N6S. The SMILES string of the molecule is CN(C)c1ccc(-n2cccc2C2C(c3ccccn3)NC(=S)N2Cc2ccccn2)cc1. The van der Waals surface area contributed by atoms with Gasteiger partial charge in [-0.2, -0.15) is 0 Å². The van der Waals surface area contributed by atoms with Crippen molar-refractivity contribution in [1.82, 2.24) is 24.8 Å². The second kappa shape index (κ2) is 9.03. The first kappa shape index (κ1) is 21.2. The van der Waals surface area contributed by atoms with Gasteiger partial charge in [0.1, 0.15) is 0 Å². The number of nitrogens with zero attached hydrogens (tertiary/aromatic N) is 5. The summed E-state index contributed by atoms with van der Waals surface area (Å²) < 4.78 is 2.24. The van der Waals surface area contributed by atoms with E-state index in [0.717, 1.165) is 22.8 Å². The zero-order valence-electron chi connectivity index (χ0n) is 18.7. The van der Waals surface area contributed by atoms with Gasteiger partial charge in [-0.3, -0.25) is 9.97 Å². The van der Waals surface area contributed by atoms with Gasteiger partial charge in [0, 0.05) is 49.8 Å². The highest BCUT2D eigenvalue weighted by Gasteiger charge is 2.41. The van der Waals surface area contributed by atoms with E-state index in [1.54, 1.807) is 0 Å². The van der Waals surface area contributed by atoms with Crippen molar-refractivity contribution in [3.05, 3.63) is 108 Å². The molecule has 1 saturated heterocycles. The summed E-state index contributed by atoms with van der Waals surface area (Å²) in [6, 6.07) is 24.7. The van der Waals surface area contributed by atoms with Gasteiger partial charge in [-0.25, -0.2) is 0 Å². The molecule has 6 nitrogen and oxygen atoms in total. The van der Waals surface area contributed by atoms with Crippen LogP contribution in [-0.4, -0.2) is 38.6 Å². The molecule has 4 aromatic rings. The molecule has 3 aromatic heterocycles. The second-order valence-electron chi connectivity index (χ2n) is 8.29. The summed E-state index contributed by atoms with van der Waals surface area (Å²) in [7, 11) is 4.10. The van der Waals surface area contributed by atoms with Crippen molar-refractivity contribution < 1.29 is 0 Å². The molecule has 1 aromatic carbocycles. The van der Waals surface area contributed by atoms with E-state index in [1.165, 1.54) is 5.69 Å². The van der Waals surface area contributed by atoms with Crippen LogP contribution < -0.4 is 10.2 Å². The summed E-state index contributed by atoms with van der Waals surface area (Å²) in [6.07, 6.45) is 5.76. The van der Waals surface area contributed by atoms with Gasteiger partial charge in [-0.05, 0) is 72.9 Å². The Morgan fingerprint density at radius 1 is 0.909 bits per heavy atom. The van der Waals surface area contributed by atoms with Crippen LogP contribution in [0.5, 0.6) is 0 Å². The van der Waals surface area contributed by atoms with Gasteiger partial charge in [0.15, 0.2) is 5.11 Å². The van der Waals surface area contributed by atoms with E-state index < -0.39 is 0 Å². The molecule has 2 unspecified atom stereocenters. The van der Waals surface area contributed by atoms with Crippen LogP contribution in [0.2, 0.25) is 0 Å². The molecule has 1 N–H and O–H groups in total. The molecule has 33 heavy (non-hydrogen) atoms. The van der Waals surface area contributed by atoms with Gasteiger partial charge in [-0.15, -0.1) is 0 Å². The van der Waals surface area contributed by atoms with Crippen LogP contribution in [0.25, 0.3) is 5.69 Å². The van der Waals surface area contributed by atoms with Crippen molar-refractivity contribution in [2.24, 2.45) is 0 Å². The Labute approximate surface area is 199 Å². The van der Waals surface area contributed by atoms with Crippen LogP contribution in [0.3, 0.4) is 0 Å². The van der Waals surface area contributed by atoms with Crippen LogP contribution >= 0.6 is 12.2 Å². The Hall–Kier alpha value is -3.71. The third-order valence-electron chi connectivity index (χ3n) is 5.98. The molecule has 0 radical (unpaired) electrons. The minimum absolute atomic E-state index is 0.0436. The van der Waals surface area contributed by atoms with Gasteiger partial charge >= 0.3 is 0 Å². The number of nitrogens with one attached hydrogen (secondary N) is 1. The van der Waals surface area contributed by atoms with Crippen LogP contribution in [0.4, 0.5) is 5.69 Å². The fourth-order valence-corrected chi connectivity index (χ4v) is 4.65. The number of hydrogen-bond donors (Lipinski definition) is 1. The lowest BCUT2D eigenvalue weighted by Crippen LogP contribution is -2.30. The lowest BCUT2D eigenvalue weighted by atomic mass is 10.0. The maximum absolute atomic E-state index is 5.82. The van der Waals surface area contributed by atoms with Crippen molar-refractivity contribution in [3.63, 3.8) is 0 Å². The van der Waals surface area contributed by atoms with E-state index in [0.29, 0.717) is 11.7 Å². The van der Waals surface area contributed by atoms with E-state index in [2.05, 4.69) is 78.3 Å². The van der Waals surface area contributed by atoms with Crippen LogP contribution in [0.15, 0.2) is 91.4 Å². The van der Waals surface area contributed by atoms with E-state index >= 15 is 0 Å². The van der Waals surface area contributed by atoms with Crippen molar-refractivity contribution in [1.29, 1.82) is 0 Å². The van der Waals surface area contributed by atoms with E-state index in [9.17, 15) is 0 Å². The molecule has 0 saturated carbocycles. The Morgan fingerprint density at radius 3 is 2.33 bits per heavy atom.